The lowest BCUT2D eigenvalue weighted by molar-refractivity contribution is -0.150. The molecule has 1 aliphatic heterocycles. The smallest absolute Gasteiger partial charge is 0.425 e. The van der Waals surface area contributed by atoms with E-state index in [0.717, 1.165) is 5.56 Å². The van der Waals surface area contributed by atoms with E-state index >= 15 is 0 Å². The van der Waals surface area contributed by atoms with Gasteiger partial charge in [0.2, 0.25) is 0 Å². The predicted molar refractivity (Wildman–Crippen MR) is 114 cm³/mol. The van der Waals surface area contributed by atoms with Gasteiger partial charge in [0.15, 0.2) is 0 Å². The zero-order chi connectivity index (χ0) is 22.0. The first kappa shape index (κ1) is 21.2. The maximum Gasteiger partial charge on any atom is 0.425 e. The fraction of sp³-hybridized carbons (Fsp3) is 0.0952. The first-order chi connectivity index (χ1) is 14.9. The predicted octanol–water partition coefficient (Wildman–Crippen LogP) is 4.89. The van der Waals surface area contributed by atoms with E-state index in [1.807, 2.05) is 0 Å². The summed E-state index contributed by atoms with van der Waals surface area (Å²) in [6.07, 6.45) is 4.86. The van der Waals surface area contributed by atoms with E-state index in [0.29, 0.717) is 32.0 Å². The lowest BCUT2D eigenvalue weighted by Crippen LogP contribution is -2.06. The summed E-state index contributed by atoms with van der Waals surface area (Å²) in [7, 11) is 0. The fourth-order valence-corrected chi connectivity index (χ4v) is 3.51. The van der Waals surface area contributed by atoms with Crippen LogP contribution in [0.1, 0.15) is 11.1 Å². The van der Waals surface area contributed by atoms with Gasteiger partial charge >= 0.3 is 17.9 Å². The molecule has 10 heteroatoms. The molecule has 0 aliphatic carbocycles. The molecule has 2 aromatic carbocycles. The average Bonchev–Trinajstić information content (AvgIpc) is 3.36. The quantitative estimate of drug-likeness (QED) is 0.370. The maximum atomic E-state index is 11.6. The highest BCUT2D eigenvalue weighted by molar-refractivity contribution is 6.35. The summed E-state index contributed by atoms with van der Waals surface area (Å²) in [4.78, 5) is 27.2. The number of nitrogens with zero attached hydrogens (tertiary/aromatic N) is 2. The zero-order valence-corrected chi connectivity index (χ0v) is 17.9. The van der Waals surface area contributed by atoms with Crippen molar-refractivity contribution < 1.29 is 23.8 Å². The summed E-state index contributed by atoms with van der Waals surface area (Å²) < 4.78 is 17.8. The molecule has 31 heavy (non-hydrogen) atoms. The summed E-state index contributed by atoms with van der Waals surface area (Å²) in [6, 6.07) is 10.0. The van der Waals surface area contributed by atoms with Gasteiger partial charge in [-0.2, -0.15) is 0 Å². The van der Waals surface area contributed by atoms with Crippen LogP contribution in [0, 0.1) is 0 Å². The molecule has 3 aromatic rings. The van der Waals surface area contributed by atoms with Gasteiger partial charge in [0.1, 0.15) is 12.4 Å². The van der Waals surface area contributed by atoms with Crippen molar-refractivity contribution in [2.24, 2.45) is 0 Å². The number of aromatic nitrogens is 2. The van der Waals surface area contributed by atoms with Crippen LogP contribution in [-0.4, -0.2) is 21.5 Å². The average molecular weight is 480 g/mol. The third-order valence-electron chi connectivity index (χ3n) is 4.35. The SMILES string of the molecule is O=C1OC(=C(Cn2ccnc2)c2cc(Cl)ccc2OCc2ccc(Cl)cc2Cl)OC1=O. The molecule has 7 nitrogen and oxygen atoms in total. The molecule has 0 bridgehead atoms. The van der Waals surface area contributed by atoms with Crippen molar-refractivity contribution in [2.45, 2.75) is 13.2 Å². The van der Waals surface area contributed by atoms with Crippen molar-refractivity contribution >= 4 is 52.3 Å². The first-order valence-corrected chi connectivity index (χ1v) is 10.0. The van der Waals surface area contributed by atoms with Gasteiger partial charge in [-0.25, -0.2) is 14.6 Å². The summed E-state index contributed by atoms with van der Waals surface area (Å²) >= 11 is 18.4. The number of carbonyl (C=O) groups excluding carboxylic acids is 2. The minimum Gasteiger partial charge on any atom is -0.488 e. The van der Waals surface area contributed by atoms with Crippen molar-refractivity contribution in [3.8, 4) is 5.75 Å². The van der Waals surface area contributed by atoms with Gasteiger partial charge in [-0.05, 0) is 30.3 Å². The Balaban J connectivity index is 1.72. The van der Waals surface area contributed by atoms with Crippen LogP contribution in [0.5, 0.6) is 5.75 Å². The van der Waals surface area contributed by atoms with Gasteiger partial charge in [-0.3, -0.25) is 0 Å². The van der Waals surface area contributed by atoms with Crippen LogP contribution in [0.3, 0.4) is 0 Å². The molecule has 1 aromatic heterocycles. The molecule has 0 unspecified atom stereocenters. The number of allylic oxidation sites excluding steroid dienone is 1. The number of benzene rings is 2. The molecule has 0 atom stereocenters. The number of rotatable bonds is 6. The molecule has 1 saturated heterocycles. The van der Waals surface area contributed by atoms with Crippen LogP contribution >= 0.6 is 34.8 Å². The monoisotopic (exact) mass is 478 g/mol. The molecule has 0 N–H and O–H groups in total. The van der Waals surface area contributed by atoms with Crippen LogP contribution in [-0.2, 0) is 32.2 Å². The molecule has 1 aliphatic rings. The molecule has 158 valence electrons. The minimum atomic E-state index is -1.10. The molecular formula is C21H13Cl3N2O5. The Morgan fingerprint density at radius 1 is 1.00 bits per heavy atom. The van der Waals surface area contributed by atoms with Gasteiger partial charge in [-0.15, -0.1) is 0 Å². The highest BCUT2D eigenvalue weighted by Gasteiger charge is 2.34. The summed E-state index contributed by atoms with van der Waals surface area (Å²) in [5.74, 6) is -2.02. The van der Waals surface area contributed by atoms with Crippen LogP contribution in [0.2, 0.25) is 15.1 Å². The molecule has 0 spiro atoms. The van der Waals surface area contributed by atoms with Crippen molar-refractivity contribution in [1.82, 2.24) is 9.55 Å². The van der Waals surface area contributed by atoms with Gasteiger partial charge in [0.25, 0.3) is 0 Å². The number of ether oxygens (including phenoxy) is 3. The number of hydrogen-bond donors (Lipinski definition) is 0. The van der Waals surface area contributed by atoms with Crippen molar-refractivity contribution in [3.63, 3.8) is 0 Å². The second kappa shape index (κ2) is 9.01. The normalized spacial score (nSPS) is 13.2. The van der Waals surface area contributed by atoms with Gasteiger partial charge < -0.3 is 18.8 Å². The first-order valence-electron chi connectivity index (χ1n) is 8.90. The Kier molecular flexibility index (Phi) is 6.18. The number of imidazole rings is 1. The van der Waals surface area contributed by atoms with E-state index in [1.165, 1.54) is 0 Å². The molecule has 4 rings (SSSR count). The zero-order valence-electron chi connectivity index (χ0n) is 15.7. The van der Waals surface area contributed by atoms with Gasteiger partial charge in [0, 0.05) is 38.6 Å². The Morgan fingerprint density at radius 2 is 1.71 bits per heavy atom. The molecule has 2 heterocycles. The number of halogens is 3. The third-order valence-corrected chi connectivity index (χ3v) is 5.17. The molecule has 0 radical (unpaired) electrons. The van der Waals surface area contributed by atoms with E-state index in [1.54, 1.807) is 59.7 Å². The number of esters is 2. The van der Waals surface area contributed by atoms with E-state index in [2.05, 4.69) is 4.98 Å². The van der Waals surface area contributed by atoms with Gasteiger partial charge in [-0.1, -0.05) is 40.9 Å². The molecule has 0 amide bonds. The summed E-state index contributed by atoms with van der Waals surface area (Å²) in [6.45, 7) is 0.312. The van der Waals surface area contributed by atoms with E-state index in [4.69, 9.17) is 49.0 Å². The molecular weight excluding hydrogens is 467 g/mol. The number of cyclic esters (lactones) is 2. The van der Waals surface area contributed by atoms with E-state index < -0.39 is 11.9 Å². The molecule has 1 fully saturated rings. The second-order valence-electron chi connectivity index (χ2n) is 6.44. The van der Waals surface area contributed by atoms with Crippen LogP contribution < -0.4 is 4.74 Å². The minimum absolute atomic E-state index is 0.137. The fourth-order valence-electron chi connectivity index (χ4n) is 2.88. The Hall–Kier alpha value is -3.00. The van der Waals surface area contributed by atoms with E-state index in [9.17, 15) is 9.59 Å². The number of carbonyl (C=O) groups is 2. The Bertz CT molecular complexity index is 1170. The highest BCUT2D eigenvalue weighted by atomic mass is 35.5. The standard InChI is InChI=1S/C21H13Cl3N2O5/c22-13-3-4-18(29-10-12-1-2-14(23)8-17(12)24)15(7-13)16(9-26-6-5-25-11-26)21-30-19(27)20(28)31-21/h1-8,11H,9-10H2. The Labute approximate surface area is 191 Å². The highest BCUT2D eigenvalue weighted by Crippen LogP contribution is 2.35. The van der Waals surface area contributed by atoms with Gasteiger partial charge in [0.05, 0.1) is 18.4 Å². The molecule has 0 saturated carbocycles. The van der Waals surface area contributed by atoms with Crippen molar-refractivity contribution in [3.05, 3.63) is 87.3 Å². The lowest BCUT2D eigenvalue weighted by atomic mass is 10.1. The van der Waals surface area contributed by atoms with Crippen molar-refractivity contribution in [1.29, 1.82) is 0 Å². The van der Waals surface area contributed by atoms with Crippen molar-refractivity contribution in [2.75, 3.05) is 0 Å². The van der Waals surface area contributed by atoms with Crippen LogP contribution in [0.25, 0.3) is 5.57 Å². The topological polar surface area (TPSA) is 79.7 Å². The maximum absolute atomic E-state index is 11.6. The van der Waals surface area contributed by atoms with Crippen LogP contribution in [0.4, 0.5) is 0 Å². The lowest BCUT2D eigenvalue weighted by Gasteiger charge is -2.16. The Morgan fingerprint density at radius 3 is 2.39 bits per heavy atom. The summed E-state index contributed by atoms with van der Waals surface area (Å²) in [5.41, 5.74) is 1.56. The number of hydrogen-bond acceptors (Lipinski definition) is 6. The van der Waals surface area contributed by atoms with Crippen LogP contribution in [0.15, 0.2) is 61.1 Å². The largest absolute Gasteiger partial charge is 0.488 e. The second-order valence-corrected chi connectivity index (χ2v) is 7.73. The summed E-state index contributed by atoms with van der Waals surface area (Å²) in [5, 5.41) is 1.38. The third kappa shape index (κ3) is 4.85. The van der Waals surface area contributed by atoms with E-state index in [-0.39, 0.29) is 19.1 Å².